The normalized spacial score (nSPS) is 14.5. The van der Waals surface area contributed by atoms with Gasteiger partial charge in [-0.05, 0) is 91.8 Å². The summed E-state index contributed by atoms with van der Waals surface area (Å²) in [6, 6.07) is 17.6. The van der Waals surface area contributed by atoms with Crippen LogP contribution in [0.3, 0.4) is 0 Å². The van der Waals surface area contributed by atoms with Crippen molar-refractivity contribution in [1.82, 2.24) is 4.57 Å². The van der Waals surface area contributed by atoms with E-state index in [2.05, 4.69) is 27.6 Å². The lowest BCUT2D eigenvalue weighted by Crippen LogP contribution is -2.39. The maximum absolute atomic E-state index is 14.1. The van der Waals surface area contributed by atoms with Crippen molar-refractivity contribution < 1.29 is 23.8 Å². The third-order valence-corrected chi connectivity index (χ3v) is 9.08. The van der Waals surface area contributed by atoms with Crippen LogP contribution < -0.4 is 19.6 Å². The molecule has 0 unspecified atom stereocenters. The number of carbonyl (C=O) groups excluding carboxylic acids is 2. The number of benzene rings is 3. The molecular formula is C34H30ClIN2O6S. The van der Waals surface area contributed by atoms with Gasteiger partial charge in [0.2, 0.25) is 0 Å². The first-order chi connectivity index (χ1) is 21.6. The Morgan fingerprint density at radius 2 is 1.67 bits per heavy atom. The van der Waals surface area contributed by atoms with E-state index >= 15 is 0 Å². The zero-order valence-corrected chi connectivity index (χ0v) is 28.8. The first kappa shape index (κ1) is 32.6. The smallest absolute Gasteiger partial charge is 0.338 e. The number of hydrogen-bond acceptors (Lipinski definition) is 8. The van der Waals surface area contributed by atoms with Crippen molar-refractivity contribution in [3.8, 4) is 5.75 Å². The Balaban J connectivity index is 1.56. The average Bonchev–Trinajstić information content (AvgIpc) is 3.30. The van der Waals surface area contributed by atoms with Crippen molar-refractivity contribution in [2.24, 2.45) is 4.99 Å². The number of fused-ring (bicyclic) bond motifs is 1. The van der Waals surface area contributed by atoms with Gasteiger partial charge in [-0.1, -0.05) is 64.9 Å². The lowest BCUT2D eigenvalue weighted by Gasteiger charge is -2.24. The van der Waals surface area contributed by atoms with Crippen molar-refractivity contribution in [2.75, 3.05) is 13.2 Å². The summed E-state index contributed by atoms with van der Waals surface area (Å²) in [5, 5.41) is 0.488. The summed E-state index contributed by atoms with van der Waals surface area (Å²) in [5.74, 6) is -0.331. The molecule has 232 valence electrons. The van der Waals surface area contributed by atoms with Crippen LogP contribution in [-0.2, 0) is 20.9 Å². The second-order valence-corrected chi connectivity index (χ2v) is 12.8. The number of aromatic nitrogens is 1. The van der Waals surface area contributed by atoms with Crippen molar-refractivity contribution >= 4 is 63.5 Å². The van der Waals surface area contributed by atoms with Crippen LogP contribution in [0.5, 0.6) is 5.75 Å². The van der Waals surface area contributed by atoms with Crippen LogP contribution in [0.25, 0.3) is 6.08 Å². The van der Waals surface area contributed by atoms with Gasteiger partial charge in [-0.3, -0.25) is 9.36 Å². The van der Waals surface area contributed by atoms with Crippen molar-refractivity contribution in [1.29, 1.82) is 0 Å². The molecule has 1 aliphatic heterocycles. The number of allylic oxidation sites excluding steroid dienone is 1. The van der Waals surface area contributed by atoms with E-state index in [0.29, 0.717) is 49.1 Å². The Morgan fingerprint density at radius 1 is 1.00 bits per heavy atom. The van der Waals surface area contributed by atoms with Gasteiger partial charge in [0.25, 0.3) is 5.56 Å². The van der Waals surface area contributed by atoms with Gasteiger partial charge in [0.1, 0.15) is 12.4 Å². The Bertz CT molecular complexity index is 1980. The molecule has 0 radical (unpaired) electrons. The molecule has 1 atom stereocenters. The molecule has 11 heteroatoms. The fraction of sp³-hybridized carbons (Fsp3) is 0.235. The molecule has 0 saturated carbocycles. The average molecular weight is 757 g/mol. The molecule has 1 aliphatic rings. The van der Waals surface area contributed by atoms with Gasteiger partial charge in [-0.15, -0.1) is 0 Å². The van der Waals surface area contributed by atoms with Gasteiger partial charge in [-0.2, -0.15) is 0 Å². The van der Waals surface area contributed by atoms with Crippen LogP contribution in [0, 0.1) is 10.5 Å². The lowest BCUT2D eigenvalue weighted by molar-refractivity contribution is -0.139. The predicted molar refractivity (Wildman–Crippen MR) is 182 cm³/mol. The molecule has 0 fully saturated rings. The summed E-state index contributed by atoms with van der Waals surface area (Å²) in [5.41, 5.74) is 4.30. The SMILES string of the molecule is CCOC(=O)C1=C(C)N=c2s/c(=C\c3cc(Cl)cc(I)c3OCc3ccc(C(=O)OCC)cc3)c(=O)n2[C@@H]1c1ccc(C)cc1. The molecule has 5 rings (SSSR count). The number of rotatable bonds is 9. The summed E-state index contributed by atoms with van der Waals surface area (Å²) in [6.07, 6.45) is 1.74. The van der Waals surface area contributed by atoms with Crippen LogP contribution in [-0.4, -0.2) is 29.7 Å². The quantitative estimate of drug-likeness (QED) is 0.151. The monoisotopic (exact) mass is 756 g/mol. The van der Waals surface area contributed by atoms with Crippen LogP contribution in [0.15, 0.2) is 81.7 Å². The fourth-order valence-corrected chi connectivity index (χ4v) is 7.19. The van der Waals surface area contributed by atoms with Crippen LogP contribution >= 0.6 is 45.5 Å². The highest BCUT2D eigenvalue weighted by Gasteiger charge is 2.33. The van der Waals surface area contributed by atoms with Gasteiger partial charge < -0.3 is 14.2 Å². The number of thiazole rings is 1. The van der Waals surface area contributed by atoms with Gasteiger partial charge in [0.15, 0.2) is 4.80 Å². The molecule has 2 heterocycles. The fourth-order valence-electron chi connectivity index (χ4n) is 4.94. The predicted octanol–water partition coefficient (Wildman–Crippen LogP) is 6.12. The Hall–Kier alpha value is -3.74. The van der Waals surface area contributed by atoms with Gasteiger partial charge in [0, 0.05) is 10.6 Å². The summed E-state index contributed by atoms with van der Waals surface area (Å²) < 4.78 is 19.4. The largest absolute Gasteiger partial charge is 0.487 e. The highest BCUT2D eigenvalue weighted by atomic mass is 127. The van der Waals surface area contributed by atoms with E-state index in [1.807, 2.05) is 31.2 Å². The molecule has 3 aromatic carbocycles. The minimum atomic E-state index is -0.698. The van der Waals surface area contributed by atoms with Crippen molar-refractivity contribution in [3.63, 3.8) is 0 Å². The van der Waals surface area contributed by atoms with E-state index in [1.54, 1.807) is 67.8 Å². The van der Waals surface area contributed by atoms with E-state index < -0.39 is 12.0 Å². The van der Waals surface area contributed by atoms with E-state index in [9.17, 15) is 14.4 Å². The Kier molecular flexibility index (Phi) is 10.3. The maximum Gasteiger partial charge on any atom is 0.338 e. The zero-order chi connectivity index (χ0) is 32.2. The number of ether oxygens (including phenoxy) is 3. The molecule has 45 heavy (non-hydrogen) atoms. The second kappa shape index (κ2) is 14.1. The van der Waals surface area contributed by atoms with Gasteiger partial charge in [-0.25, -0.2) is 14.6 Å². The van der Waals surface area contributed by atoms with Crippen molar-refractivity contribution in [2.45, 2.75) is 40.3 Å². The summed E-state index contributed by atoms with van der Waals surface area (Å²) >= 11 is 9.84. The number of halogens is 2. The zero-order valence-electron chi connectivity index (χ0n) is 25.1. The minimum Gasteiger partial charge on any atom is -0.487 e. The van der Waals surface area contributed by atoms with E-state index in [1.165, 1.54) is 11.3 Å². The Labute approximate surface area is 282 Å². The van der Waals surface area contributed by atoms with Gasteiger partial charge in [0.05, 0.1) is 44.2 Å². The van der Waals surface area contributed by atoms with Crippen LogP contribution in [0.2, 0.25) is 5.02 Å². The molecule has 0 N–H and O–H groups in total. The molecule has 0 spiro atoms. The third kappa shape index (κ3) is 7.08. The topological polar surface area (TPSA) is 96.2 Å². The molecule has 1 aromatic heterocycles. The molecular weight excluding hydrogens is 727 g/mol. The van der Waals surface area contributed by atoms with Gasteiger partial charge >= 0.3 is 11.9 Å². The number of carbonyl (C=O) groups is 2. The number of hydrogen-bond donors (Lipinski definition) is 0. The van der Waals surface area contributed by atoms with Crippen LogP contribution in [0.4, 0.5) is 0 Å². The van der Waals surface area contributed by atoms with Crippen molar-refractivity contribution in [3.05, 3.63) is 128 Å². The lowest BCUT2D eigenvalue weighted by atomic mass is 9.95. The first-order valence-electron chi connectivity index (χ1n) is 14.2. The second-order valence-electron chi connectivity index (χ2n) is 10.2. The minimum absolute atomic E-state index is 0.201. The number of esters is 2. The number of nitrogens with zero attached hydrogens (tertiary/aromatic N) is 2. The highest BCUT2D eigenvalue weighted by Crippen LogP contribution is 2.32. The van der Waals surface area contributed by atoms with E-state index in [4.69, 9.17) is 25.8 Å². The summed E-state index contributed by atoms with van der Waals surface area (Å²) in [4.78, 5) is 44.4. The Morgan fingerprint density at radius 3 is 2.33 bits per heavy atom. The summed E-state index contributed by atoms with van der Waals surface area (Å²) in [7, 11) is 0. The maximum atomic E-state index is 14.1. The van der Waals surface area contributed by atoms with Crippen LogP contribution in [0.1, 0.15) is 59.4 Å². The van der Waals surface area contributed by atoms with E-state index in [-0.39, 0.29) is 24.7 Å². The third-order valence-electron chi connectivity index (χ3n) is 7.08. The molecule has 8 nitrogen and oxygen atoms in total. The number of aryl methyl sites for hydroxylation is 1. The molecule has 0 bridgehead atoms. The highest BCUT2D eigenvalue weighted by molar-refractivity contribution is 14.1. The molecule has 0 saturated heterocycles. The molecule has 4 aromatic rings. The van der Waals surface area contributed by atoms with E-state index in [0.717, 1.165) is 20.3 Å². The summed E-state index contributed by atoms with van der Waals surface area (Å²) in [6.45, 7) is 7.97. The first-order valence-corrected chi connectivity index (χ1v) is 16.5. The standard InChI is InChI=1S/C34H30ClIN2O6S/c1-5-42-32(40)23-13-9-21(10-14-23)18-44-30-24(15-25(35)17-26(30)36)16-27-31(39)38-29(22-11-7-19(3)8-12-22)28(33(41)43-6-2)20(4)37-34(38)45-27/h7-17,29H,5-6,18H2,1-4H3/b27-16-/t29-/m1/s1. The molecule has 0 amide bonds. The molecule has 0 aliphatic carbocycles.